The maximum atomic E-state index is 6.10. The van der Waals surface area contributed by atoms with Gasteiger partial charge in [0.1, 0.15) is 5.75 Å². The summed E-state index contributed by atoms with van der Waals surface area (Å²) in [5.41, 5.74) is 1.70. The second-order valence-corrected chi connectivity index (χ2v) is 7.13. The predicted octanol–water partition coefficient (Wildman–Crippen LogP) is 5.01. The number of benzene rings is 2. The Morgan fingerprint density at radius 3 is 2.28 bits per heavy atom. The van der Waals surface area contributed by atoms with Crippen molar-refractivity contribution < 1.29 is 4.74 Å². The summed E-state index contributed by atoms with van der Waals surface area (Å²) in [6.45, 7) is 4.50. The third kappa shape index (κ3) is 5.06. The number of anilines is 5. The average Bonchev–Trinajstić information content (AvgIpc) is 3.25. The molecule has 7 nitrogen and oxygen atoms in total. The van der Waals surface area contributed by atoms with Gasteiger partial charge in [-0.15, -0.1) is 0 Å². The minimum Gasteiger partial charge on any atom is -0.494 e. The van der Waals surface area contributed by atoms with Crippen LogP contribution in [0.1, 0.15) is 19.8 Å². The zero-order chi connectivity index (χ0) is 20.1. The molecule has 8 heteroatoms. The first-order chi connectivity index (χ1) is 14.2. The number of ether oxygens (including phenoxy) is 1. The molecule has 0 atom stereocenters. The number of hydrogen-bond donors (Lipinski definition) is 2. The van der Waals surface area contributed by atoms with E-state index in [-0.39, 0.29) is 0 Å². The summed E-state index contributed by atoms with van der Waals surface area (Å²) in [5.74, 6) is 2.44. The van der Waals surface area contributed by atoms with Crippen LogP contribution in [0.15, 0.2) is 48.5 Å². The monoisotopic (exact) mass is 410 g/mol. The summed E-state index contributed by atoms with van der Waals surface area (Å²) in [6.07, 6.45) is 2.29. The number of rotatable bonds is 7. The van der Waals surface area contributed by atoms with Crippen molar-refractivity contribution >= 4 is 40.8 Å². The number of halogens is 1. The Balaban J connectivity index is 1.60. The van der Waals surface area contributed by atoms with Gasteiger partial charge in [-0.25, -0.2) is 0 Å². The van der Waals surface area contributed by atoms with Gasteiger partial charge in [0, 0.05) is 29.5 Å². The van der Waals surface area contributed by atoms with Gasteiger partial charge in [0.2, 0.25) is 17.8 Å². The standard InChI is InChI=1S/C21H23ClN6O/c1-2-29-18-10-8-16(9-11-18)23-19-25-20(24-17-7-5-6-15(22)14-17)27-21(26-19)28-12-3-4-13-28/h5-11,14H,2-4,12-13H2,1H3,(H2,23,24,25,26,27). The molecule has 29 heavy (non-hydrogen) atoms. The van der Waals surface area contributed by atoms with E-state index in [1.54, 1.807) is 0 Å². The molecule has 0 saturated carbocycles. The highest BCUT2D eigenvalue weighted by Crippen LogP contribution is 2.24. The Bertz CT molecular complexity index is 960. The highest BCUT2D eigenvalue weighted by molar-refractivity contribution is 6.30. The first-order valence-corrected chi connectivity index (χ1v) is 10.1. The Kier molecular flexibility index (Phi) is 5.95. The first-order valence-electron chi connectivity index (χ1n) is 9.73. The van der Waals surface area contributed by atoms with Crippen LogP contribution in [0.2, 0.25) is 5.02 Å². The molecule has 1 aliphatic rings. The molecule has 0 amide bonds. The van der Waals surface area contributed by atoms with E-state index in [1.807, 2.05) is 55.5 Å². The van der Waals surface area contributed by atoms with Crippen LogP contribution in [-0.4, -0.2) is 34.6 Å². The number of hydrogen-bond acceptors (Lipinski definition) is 7. The highest BCUT2D eigenvalue weighted by Gasteiger charge is 2.17. The van der Waals surface area contributed by atoms with Crippen LogP contribution in [0, 0.1) is 0 Å². The lowest BCUT2D eigenvalue weighted by atomic mass is 10.3. The molecule has 1 aliphatic heterocycles. The van der Waals surface area contributed by atoms with Crippen molar-refractivity contribution in [3.8, 4) is 5.75 Å². The first kappa shape index (κ1) is 19.3. The molecule has 2 heterocycles. The topological polar surface area (TPSA) is 75.2 Å². The minimum absolute atomic E-state index is 0.470. The molecule has 0 aliphatic carbocycles. The van der Waals surface area contributed by atoms with Gasteiger partial charge in [-0.2, -0.15) is 15.0 Å². The van der Waals surface area contributed by atoms with Crippen molar-refractivity contribution in [2.75, 3.05) is 35.2 Å². The maximum absolute atomic E-state index is 6.10. The zero-order valence-electron chi connectivity index (χ0n) is 16.2. The Hall–Kier alpha value is -3.06. The molecule has 4 rings (SSSR count). The third-order valence-corrected chi connectivity index (χ3v) is 4.75. The Morgan fingerprint density at radius 2 is 1.62 bits per heavy atom. The summed E-state index contributed by atoms with van der Waals surface area (Å²) in [5, 5.41) is 7.14. The van der Waals surface area contributed by atoms with E-state index in [1.165, 1.54) is 0 Å². The lowest BCUT2D eigenvalue weighted by Gasteiger charge is -2.17. The molecule has 0 radical (unpaired) electrons. The third-order valence-electron chi connectivity index (χ3n) is 4.51. The Morgan fingerprint density at radius 1 is 0.931 bits per heavy atom. The smallest absolute Gasteiger partial charge is 0.233 e. The molecule has 0 bridgehead atoms. The number of aromatic nitrogens is 3. The van der Waals surface area contributed by atoms with E-state index in [4.69, 9.17) is 16.3 Å². The predicted molar refractivity (Wildman–Crippen MR) is 117 cm³/mol. The van der Waals surface area contributed by atoms with Crippen LogP contribution in [-0.2, 0) is 0 Å². The number of nitrogens with zero attached hydrogens (tertiary/aromatic N) is 4. The van der Waals surface area contributed by atoms with Crippen molar-refractivity contribution in [2.24, 2.45) is 0 Å². The molecule has 2 aromatic carbocycles. The summed E-state index contributed by atoms with van der Waals surface area (Å²) in [7, 11) is 0. The SMILES string of the molecule is CCOc1ccc(Nc2nc(Nc3cccc(Cl)c3)nc(N3CCCC3)n2)cc1. The van der Waals surface area contributed by atoms with Crippen LogP contribution in [0.5, 0.6) is 5.75 Å². The van der Waals surface area contributed by atoms with E-state index in [2.05, 4.69) is 30.5 Å². The van der Waals surface area contributed by atoms with Crippen LogP contribution < -0.4 is 20.3 Å². The van der Waals surface area contributed by atoms with Crippen molar-refractivity contribution in [3.63, 3.8) is 0 Å². The van der Waals surface area contributed by atoms with Gasteiger partial charge in [-0.1, -0.05) is 17.7 Å². The largest absolute Gasteiger partial charge is 0.494 e. The highest BCUT2D eigenvalue weighted by atomic mass is 35.5. The molecule has 1 fully saturated rings. The second kappa shape index (κ2) is 8.96. The number of nitrogens with one attached hydrogen (secondary N) is 2. The summed E-state index contributed by atoms with van der Waals surface area (Å²) < 4.78 is 5.50. The fourth-order valence-corrected chi connectivity index (χ4v) is 3.35. The summed E-state index contributed by atoms with van der Waals surface area (Å²) >= 11 is 6.10. The average molecular weight is 411 g/mol. The van der Waals surface area contributed by atoms with E-state index in [0.29, 0.717) is 29.5 Å². The van der Waals surface area contributed by atoms with Gasteiger partial charge in [-0.05, 0) is 62.2 Å². The molecule has 2 N–H and O–H groups in total. The van der Waals surface area contributed by atoms with E-state index < -0.39 is 0 Å². The van der Waals surface area contributed by atoms with Crippen molar-refractivity contribution in [3.05, 3.63) is 53.6 Å². The van der Waals surface area contributed by atoms with Gasteiger partial charge in [0.25, 0.3) is 0 Å². The van der Waals surface area contributed by atoms with Gasteiger partial charge in [0.05, 0.1) is 6.61 Å². The molecule has 150 valence electrons. The lowest BCUT2D eigenvalue weighted by molar-refractivity contribution is 0.340. The van der Waals surface area contributed by atoms with Crippen LogP contribution in [0.4, 0.5) is 29.2 Å². The second-order valence-electron chi connectivity index (χ2n) is 6.69. The molecule has 0 spiro atoms. The fourth-order valence-electron chi connectivity index (χ4n) is 3.16. The van der Waals surface area contributed by atoms with E-state index >= 15 is 0 Å². The minimum atomic E-state index is 0.470. The van der Waals surface area contributed by atoms with Gasteiger partial charge in [0.15, 0.2) is 0 Å². The van der Waals surface area contributed by atoms with E-state index in [9.17, 15) is 0 Å². The molecule has 1 aromatic heterocycles. The lowest BCUT2D eigenvalue weighted by Crippen LogP contribution is -2.21. The zero-order valence-corrected chi connectivity index (χ0v) is 17.0. The molecular weight excluding hydrogens is 388 g/mol. The molecule has 0 unspecified atom stereocenters. The quantitative estimate of drug-likeness (QED) is 0.566. The maximum Gasteiger partial charge on any atom is 0.233 e. The van der Waals surface area contributed by atoms with Crippen LogP contribution in [0.25, 0.3) is 0 Å². The van der Waals surface area contributed by atoms with Crippen LogP contribution in [0.3, 0.4) is 0 Å². The van der Waals surface area contributed by atoms with Gasteiger partial charge >= 0.3 is 0 Å². The van der Waals surface area contributed by atoms with Gasteiger partial charge < -0.3 is 20.3 Å². The summed E-state index contributed by atoms with van der Waals surface area (Å²) in [4.78, 5) is 15.9. The van der Waals surface area contributed by atoms with E-state index in [0.717, 1.165) is 43.1 Å². The molecular formula is C21H23ClN6O. The Labute approximate surface area is 175 Å². The van der Waals surface area contributed by atoms with Crippen molar-refractivity contribution in [1.29, 1.82) is 0 Å². The summed E-state index contributed by atoms with van der Waals surface area (Å²) in [6, 6.07) is 15.2. The molecule has 3 aromatic rings. The fraction of sp³-hybridized carbons (Fsp3) is 0.286. The van der Waals surface area contributed by atoms with Gasteiger partial charge in [-0.3, -0.25) is 0 Å². The van der Waals surface area contributed by atoms with Crippen LogP contribution >= 0.6 is 11.6 Å². The van der Waals surface area contributed by atoms with Crippen molar-refractivity contribution in [1.82, 2.24) is 15.0 Å². The van der Waals surface area contributed by atoms with Crippen molar-refractivity contribution in [2.45, 2.75) is 19.8 Å². The molecule has 1 saturated heterocycles. The normalized spacial score (nSPS) is 13.4.